The van der Waals surface area contributed by atoms with Gasteiger partial charge in [0, 0.05) is 6.54 Å². The van der Waals surface area contributed by atoms with E-state index in [1.54, 1.807) is 0 Å². The van der Waals surface area contributed by atoms with Crippen molar-refractivity contribution in [3.8, 4) is 5.75 Å². The number of rotatable bonds is 7. The molecule has 1 N–H and O–H groups in total. The quantitative estimate of drug-likeness (QED) is 0.761. The lowest BCUT2D eigenvalue weighted by Crippen LogP contribution is -2.16. The molecule has 0 unspecified atom stereocenters. The molecule has 2 aromatic carbocycles. The first-order chi connectivity index (χ1) is 11.3. The van der Waals surface area contributed by atoms with Gasteiger partial charge in [0.2, 0.25) is 0 Å². The Morgan fingerprint density at radius 1 is 0.913 bits per heavy atom. The normalized spacial score (nSPS) is 15.0. The smallest absolute Gasteiger partial charge is 0.123 e. The highest BCUT2D eigenvalue weighted by atomic mass is 19.1. The highest BCUT2D eigenvalue weighted by molar-refractivity contribution is 5.27. The topological polar surface area (TPSA) is 21.3 Å². The summed E-state index contributed by atoms with van der Waals surface area (Å²) in [4.78, 5) is 0. The summed E-state index contributed by atoms with van der Waals surface area (Å²) in [5, 5.41) is 3.42. The monoisotopic (exact) mass is 313 g/mol. The van der Waals surface area contributed by atoms with Crippen molar-refractivity contribution in [1.29, 1.82) is 0 Å². The zero-order valence-corrected chi connectivity index (χ0v) is 13.4. The molecule has 122 valence electrons. The van der Waals surface area contributed by atoms with Crippen molar-refractivity contribution < 1.29 is 9.13 Å². The number of halogens is 1. The molecule has 2 aromatic rings. The number of benzene rings is 2. The van der Waals surface area contributed by atoms with E-state index in [2.05, 4.69) is 29.6 Å². The standard InChI is InChI=1S/C20H24FNO/c21-18-9-5-16(6-10-18)13-14-22-15-17-7-11-20(12-8-17)23-19-3-1-2-4-19/h5-12,19,22H,1-4,13-15H2. The van der Waals surface area contributed by atoms with Crippen LogP contribution in [0, 0.1) is 5.82 Å². The van der Waals surface area contributed by atoms with Gasteiger partial charge in [-0.3, -0.25) is 0 Å². The molecule has 1 aliphatic rings. The Morgan fingerprint density at radius 2 is 1.57 bits per heavy atom. The van der Waals surface area contributed by atoms with Crippen molar-refractivity contribution >= 4 is 0 Å². The maximum absolute atomic E-state index is 12.8. The van der Waals surface area contributed by atoms with E-state index < -0.39 is 0 Å². The maximum atomic E-state index is 12.8. The van der Waals surface area contributed by atoms with Crippen LogP contribution < -0.4 is 10.1 Å². The molecule has 0 atom stereocenters. The minimum Gasteiger partial charge on any atom is -0.490 e. The summed E-state index contributed by atoms with van der Waals surface area (Å²) in [5.74, 6) is 0.800. The molecular formula is C20H24FNO. The van der Waals surface area contributed by atoms with E-state index in [0.717, 1.165) is 30.8 Å². The highest BCUT2D eigenvalue weighted by Gasteiger charge is 2.16. The first-order valence-corrected chi connectivity index (χ1v) is 8.50. The fourth-order valence-corrected chi connectivity index (χ4v) is 3.00. The first kappa shape index (κ1) is 16.0. The SMILES string of the molecule is Fc1ccc(CCNCc2ccc(OC3CCCC3)cc2)cc1. The lowest BCUT2D eigenvalue weighted by Gasteiger charge is -2.13. The Balaban J connectivity index is 1.39. The Kier molecular flexibility index (Phi) is 5.65. The Labute approximate surface area is 137 Å². The van der Waals surface area contributed by atoms with Crippen LogP contribution in [0.2, 0.25) is 0 Å². The van der Waals surface area contributed by atoms with Crippen LogP contribution in [0.4, 0.5) is 4.39 Å². The maximum Gasteiger partial charge on any atom is 0.123 e. The van der Waals surface area contributed by atoms with Crippen LogP contribution >= 0.6 is 0 Å². The second-order valence-electron chi connectivity index (χ2n) is 6.22. The van der Waals surface area contributed by atoms with Crippen molar-refractivity contribution in [1.82, 2.24) is 5.32 Å². The third kappa shape index (κ3) is 5.07. The predicted molar refractivity (Wildman–Crippen MR) is 91.1 cm³/mol. The van der Waals surface area contributed by atoms with Crippen LogP contribution in [0.15, 0.2) is 48.5 Å². The van der Waals surface area contributed by atoms with Gasteiger partial charge in [0.15, 0.2) is 0 Å². The van der Waals surface area contributed by atoms with Crippen molar-refractivity contribution in [2.75, 3.05) is 6.54 Å². The molecule has 0 amide bonds. The lowest BCUT2D eigenvalue weighted by atomic mass is 10.1. The van der Waals surface area contributed by atoms with E-state index >= 15 is 0 Å². The van der Waals surface area contributed by atoms with Gasteiger partial charge >= 0.3 is 0 Å². The van der Waals surface area contributed by atoms with Gasteiger partial charge in [-0.2, -0.15) is 0 Å². The first-order valence-electron chi connectivity index (χ1n) is 8.50. The van der Waals surface area contributed by atoms with E-state index in [0.29, 0.717) is 6.10 Å². The third-order valence-corrected chi connectivity index (χ3v) is 4.36. The number of hydrogen-bond acceptors (Lipinski definition) is 2. The minimum absolute atomic E-state index is 0.179. The molecule has 3 heteroatoms. The van der Waals surface area contributed by atoms with Gasteiger partial charge in [-0.1, -0.05) is 24.3 Å². The highest BCUT2D eigenvalue weighted by Crippen LogP contribution is 2.24. The lowest BCUT2D eigenvalue weighted by molar-refractivity contribution is 0.210. The van der Waals surface area contributed by atoms with Crippen LogP contribution in [-0.4, -0.2) is 12.6 Å². The van der Waals surface area contributed by atoms with Crippen molar-refractivity contribution in [2.45, 2.75) is 44.8 Å². The molecule has 23 heavy (non-hydrogen) atoms. The Hall–Kier alpha value is -1.87. The van der Waals surface area contributed by atoms with E-state index in [1.165, 1.54) is 43.4 Å². The molecule has 0 aliphatic heterocycles. The van der Waals surface area contributed by atoms with Gasteiger partial charge < -0.3 is 10.1 Å². The molecule has 0 heterocycles. The fraction of sp³-hybridized carbons (Fsp3) is 0.400. The van der Waals surface area contributed by atoms with Crippen LogP contribution in [0.25, 0.3) is 0 Å². The summed E-state index contributed by atoms with van der Waals surface area (Å²) in [5.41, 5.74) is 2.40. The molecule has 0 saturated heterocycles. The largest absolute Gasteiger partial charge is 0.490 e. The average molecular weight is 313 g/mol. The van der Waals surface area contributed by atoms with Crippen molar-refractivity contribution in [3.63, 3.8) is 0 Å². The molecule has 0 aromatic heterocycles. The zero-order chi connectivity index (χ0) is 15.9. The average Bonchev–Trinajstić information content (AvgIpc) is 3.08. The van der Waals surface area contributed by atoms with Gasteiger partial charge in [-0.25, -0.2) is 4.39 Å². The van der Waals surface area contributed by atoms with Crippen LogP contribution in [0.1, 0.15) is 36.8 Å². The summed E-state index contributed by atoms with van der Waals surface area (Å²) in [7, 11) is 0. The van der Waals surface area contributed by atoms with Crippen molar-refractivity contribution in [3.05, 3.63) is 65.5 Å². The van der Waals surface area contributed by atoms with Gasteiger partial charge in [0.05, 0.1) is 6.10 Å². The second kappa shape index (κ2) is 8.11. The fourth-order valence-electron chi connectivity index (χ4n) is 3.00. The number of hydrogen-bond donors (Lipinski definition) is 1. The molecule has 0 radical (unpaired) electrons. The summed E-state index contributed by atoms with van der Waals surface area (Å²) < 4.78 is 18.8. The molecule has 0 spiro atoms. The van der Waals surface area contributed by atoms with Gasteiger partial charge in [-0.15, -0.1) is 0 Å². The summed E-state index contributed by atoms with van der Waals surface area (Å²) in [6.07, 6.45) is 6.28. The minimum atomic E-state index is -0.179. The van der Waals surface area contributed by atoms with Gasteiger partial charge in [-0.05, 0) is 74.0 Å². The van der Waals surface area contributed by atoms with E-state index in [-0.39, 0.29) is 5.82 Å². The molecular weight excluding hydrogens is 289 g/mol. The Bertz CT molecular complexity index is 588. The molecule has 1 aliphatic carbocycles. The number of ether oxygens (including phenoxy) is 1. The zero-order valence-electron chi connectivity index (χ0n) is 13.4. The molecule has 2 nitrogen and oxygen atoms in total. The van der Waals surface area contributed by atoms with Crippen LogP contribution in [0.3, 0.4) is 0 Å². The van der Waals surface area contributed by atoms with Crippen LogP contribution in [-0.2, 0) is 13.0 Å². The third-order valence-electron chi connectivity index (χ3n) is 4.36. The van der Waals surface area contributed by atoms with Crippen LogP contribution in [0.5, 0.6) is 5.75 Å². The summed E-state index contributed by atoms with van der Waals surface area (Å²) >= 11 is 0. The summed E-state index contributed by atoms with van der Waals surface area (Å²) in [6, 6.07) is 15.1. The second-order valence-corrected chi connectivity index (χ2v) is 6.22. The Morgan fingerprint density at radius 3 is 2.26 bits per heavy atom. The molecule has 1 fully saturated rings. The van der Waals surface area contributed by atoms with E-state index in [1.807, 2.05) is 12.1 Å². The molecule has 0 bridgehead atoms. The van der Waals surface area contributed by atoms with E-state index in [4.69, 9.17) is 4.74 Å². The summed E-state index contributed by atoms with van der Waals surface area (Å²) in [6.45, 7) is 1.72. The van der Waals surface area contributed by atoms with E-state index in [9.17, 15) is 4.39 Å². The molecule has 1 saturated carbocycles. The van der Waals surface area contributed by atoms with Gasteiger partial charge in [0.1, 0.15) is 11.6 Å². The molecule has 3 rings (SSSR count). The van der Waals surface area contributed by atoms with Gasteiger partial charge in [0.25, 0.3) is 0 Å². The number of nitrogens with one attached hydrogen (secondary N) is 1. The van der Waals surface area contributed by atoms with Crippen molar-refractivity contribution in [2.24, 2.45) is 0 Å². The predicted octanol–water partition coefficient (Wildman–Crippen LogP) is 4.48.